The molecule has 0 aliphatic rings. The molecule has 0 aliphatic heterocycles. The fraction of sp³-hybridized carbons (Fsp3) is 0.0667. The highest BCUT2D eigenvalue weighted by atomic mass is 16.5. The quantitative estimate of drug-likeness (QED) is 0.746. The molecule has 0 saturated carbocycles. The van der Waals surface area contributed by atoms with E-state index in [1.54, 1.807) is 0 Å². The van der Waals surface area contributed by atoms with Gasteiger partial charge in [-0.1, -0.05) is 55.1 Å². The fourth-order valence-electron chi connectivity index (χ4n) is 1.44. The summed E-state index contributed by atoms with van der Waals surface area (Å²) in [7, 11) is 0. The normalized spacial score (nSPS) is 9.75. The molecule has 0 heterocycles. The predicted molar refractivity (Wildman–Crippen MR) is 67.4 cm³/mol. The Labute approximate surface area is 96.0 Å². The van der Waals surface area contributed by atoms with Crippen molar-refractivity contribution in [2.75, 3.05) is 6.61 Å². The third-order valence-corrected chi connectivity index (χ3v) is 2.34. The second-order valence-electron chi connectivity index (χ2n) is 3.57. The van der Waals surface area contributed by atoms with Gasteiger partial charge in [-0.15, -0.1) is 0 Å². The summed E-state index contributed by atoms with van der Waals surface area (Å²) < 4.78 is 5.62. The van der Waals surface area contributed by atoms with E-state index in [1.807, 2.05) is 60.7 Å². The number of rotatable bonds is 4. The maximum absolute atomic E-state index is 5.62. The van der Waals surface area contributed by atoms with Crippen molar-refractivity contribution in [1.29, 1.82) is 0 Å². The zero-order valence-electron chi connectivity index (χ0n) is 9.10. The first-order valence-electron chi connectivity index (χ1n) is 5.27. The number of ether oxygens (including phenoxy) is 1. The van der Waals surface area contributed by atoms with Gasteiger partial charge in [0.05, 0.1) is 0 Å². The third kappa shape index (κ3) is 2.74. The van der Waals surface area contributed by atoms with Gasteiger partial charge < -0.3 is 4.74 Å². The Balaban J connectivity index is 1.95. The minimum Gasteiger partial charge on any atom is -0.489 e. The Kier molecular flexibility index (Phi) is 3.39. The molecule has 0 N–H and O–H groups in total. The molecule has 0 spiro atoms. The van der Waals surface area contributed by atoms with Crippen molar-refractivity contribution >= 4 is 5.57 Å². The molecule has 2 rings (SSSR count). The lowest BCUT2D eigenvalue weighted by Gasteiger charge is -2.08. The van der Waals surface area contributed by atoms with Crippen LogP contribution >= 0.6 is 0 Å². The highest BCUT2D eigenvalue weighted by Gasteiger charge is 1.98. The van der Waals surface area contributed by atoms with Crippen molar-refractivity contribution in [3.05, 3.63) is 72.8 Å². The van der Waals surface area contributed by atoms with E-state index < -0.39 is 0 Å². The summed E-state index contributed by atoms with van der Waals surface area (Å²) in [6.07, 6.45) is 0. The van der Waals surface area contributed by atoms with E-state index >= 15 is 0 Å². The van der Waals surface area contributed by atoms with Gasteiger partial charge in [-0.05, 0) is 23.3 Å². The van der Waals surface area contributed by atoms with Gasteiger partial charge in [0.2, 0.25) is 0 Å². The molecule has 0 unspecified atom stereocenters. The number of para-hydroxylation sites is 1. The van der Waals surface area contributed by atoms with Gasteiger partial charge in [-0.25, -0.2) is 0 Å². The minimum atomic E-state index is 0.522. The molecule has 2 aromatic rings. The second-order valence-corrected chi connectivity index (χ2v) is 3.57. The Morgan fingerprint density at radius 1 is 0.875 bits per heavy atom. The molecule has 0 bridgehead atoms. The van der Waals surface area contributed by atoms with Crippen LogP contribution in [0.2, 0.25) is 0 Å². The molecule has 2 aromatic carbocycles. The topological polar surface area (TPSA) is 9.23 Å². The zero-order chi connectivity index (χ0) is 11.2. The summed E-state index contributed by atoms with van der Waals surface area (Å²) in [5.41, 5.74) is 2.11. The average molecular weight is 210 g/mol. The van der Waals surface area contributed by atoms with Gasteiger partial charge in [0, 0.05) is 0 Å². The van der Waals surface area contributed by atoms with Crippen LogP contribution in [0.25, 0.3) is 5.57 Å². The van der Waals surface area contributed by atoms with E-state index in [9.17, 15) is 0 Å². The van der Waals surface area contributed by atoms with Gasteiger partial charge >= 0.3 is 0 Å². The van der Waals surface area contributed by atoms with Crippen LogP contribution in [0, 0.1) is 0 Å². The molecule has 0 radical (unpaired) electrons. The largest absolute Gasteiger partial charge is 0.489 e. The van der Waals surface area contributed by atoms with Gasteiger partial charge in [0.15, 0.2) is 0 Å². The summed E-state index contributed by atoms with van der Waals surface area (Å²) in [6.45, 7) is 4.54. The van der Waals surface area contributed by atoms with Crippen molar-refractivity contribution in [3.8, 4) is 5.75 Å². The van der Waals surface area contributed by atoms with E-state index in [0.29, 0.717) is 6.61 Å². The van der Waals surface area contributed by atoms with E-state index in [4.69, 9.17) is 4.74 Å². The lowest BCUT2D eigenvalue weighted by Crippen LogP contribution is -1.99. The van der Waals surface area contributed by atoms with Crippen molar-refractivity contribution in [2.24, 2.45) is 0 Å². The molecule has 1 nitrogen and oxygen atoms in total. The Morgan fingerprint density at radius 3 is 2.06 bits per heavy atom. The third-order valence-electron chi connectivity index (χ3n) is 2.34. The highest BCUT2D eigenvalue weighted by molar-refractivity contribution is 5.64. The van der Waals surface area contributed by atoms with Gasteiger partial charge in [-0.2, -0.15) is 0 Å². The van der Waals surface area contributed by atoms with Crippen LogP contribution in [0.1, 0.15) is 5.56 Å². The number of benzene rings is 2. The van der Waals surface area contributed by atoms with Crippen LogP contribution in [0.4, 0.5) is 0 Å². The molecular formula is C15H14O. The second kappa shape index (κ2) is 5.17. The van der Waals surface area contributed by atoms with Crippen LogP contribution in [-0.2, 0) is 0 Å². The molecular weight excluding hydrogens is 196 g/mol. The Hall–Kier alpha value is -2.02. The van der Waals surface area contributed by atoms with Crippen LogP contribution in [0.5, 0.6) is 5.75 Å². The maximum atomic E-state index is 5.62. The highest BCUT2D eigenvalue weighted by Crippen LogP contribution is 2.15. The molecule has 0 aromatic heterocycles. The van der Waals surface area contributed by atoms with Crippen molar-refractivity contribution in [2.45, 2.75) is 0 Å². The predicted octanol–water partition coefficient (Wildman–Crippen LogP) is 3.78. The van der Waals surface area contributed by atoms with Gasteiger partial charge in [0.1, 0.15) is 12.4 Å². The molecule has 0 saturated heterocycles. The maximum Gasteiger partial charge on any atom is 0.119 e. The van der Waals surface area contributed by atoms with Crippen molar-refractivity contribution in [3.63, 3.8) is 0 Å². The van der Waals surface area contributed by atoms with Crippen LogP contribution in [0.3, 0.4) is 0 Å². The molecule has 0 atom stereocenters. The first kappa shape index (κ1) is 10.5. The monoisotopic (exact) mass is 210 g/mol. The fourth-order valence-corrected chi connectivity index (χ4v) is 1.44. The van der Waals surface area contributed by atoms with E-state index in [-0.39, 0.29) is 0 Å². The lowest BCUT2D eigenvalue weighted by atomic mass is 10.1. The van der Waals surface area contributed by atoms with Gasteiger partial charge in [0.25, 0.3) is 0 Å². The molecule has 1 heteroatoms. The van der Waals surface area contributed by atoms with E-state index in [1.165, 1.54) is 0 Å². The Bertz CT molecular complexity index is 445. The minimum absolute atomic E-state index is 0.522. The van der Waals surface area contributed by atoms with Crippen molar-refractivity contribution < 1.29 is 4.74 Å². The summed E-state index contributed by atoms with van der Waals surface area (Å²) in [4.78, 5) is 0. The SMILES string of the molecule is C=C(COc1ccccc1)c1ccccc1. The zero-order valence-corrected chi connectivity index (χ0v) is 9.10. The summed E-state index contributed by atoms with van der Waals surface area (Å²) in [6, 6.07) is 19.9. The molecule has 80 valence electrons. The number of hydrogen-bond acceptors (Lipinski definition) is 1. The van der Waals surface area contributed by atoms with Crippen LogP contribution in [0.15, 0.2) is 67.2 Å². The lowest BCUT2D eigenvalue weighted by molar-refractivity contribution is 0.370. The first-order chi connectivity index (χ1) is 7.86. The van der Waals surface area contributed by atoms with E-state index in [0.717, 1.165) is 16.9 Å². The van der Waals surface area contributed by atoms with Crippen LogP contribution < -0.4 is 4.74 Å². The standard InChI is InChI=1S/C15H14O/c1-13(14-8-4-2-5-9-14)12-16-15-10-6-3-7-11-15/h2-11H,1,12H2. The summed E-state index contributed by atoms with van der Waals surface area (Å²) in [5.74, 6) is 0.875. The van der Waals surface area contributed by atoms with Crippen LogP contribution in [-0.4, -0.2) is 6.61 Å². The molecule has 0 amide bonds. The Morgan fingerprint density at radius 2 is 1.44 bits per heavy atom. The summed E-state index contributed by atoms with van der Waals surface area (Å²) in [5, 5.41) is 0. The van der Waals surface area contributed by atoms with Crippen molar-refractivity contribution in [1.82, 2.24) is 0 Å². The first-order valence-corrected chi connectivity index (χ1v) is 5.27. The van der Waals surface area contributed by atoms with Gasteiger partial charge in [-0.3, -0.25) is 0 Å². The molecule has 0 aliphatic carbocycles. The average Bonchev–Trinajstić information content (AvgIpc) is 2.38. The van der Waals surface area contributed by atoms with E-state index in [2.05, 4.69) is 6.58 Å². The smallest absolute Gasteiger partial charge is 0.119 e. The summed E-state index contributed by atoms with van der Waals surface area (Å²) >= 11 is 0. The molecule has 0 fully saturated rings. The number of hydrogen-bond donors (Lipinski definition) is 0. The molecule has 16 heavy (non-hydrogen) atoms.